The van der Waals surface area contributed by atoms with Crippen LogP contribution in [0, 0.1) is 16.2 Å². The molecule has 1 aromatic carbocycles. The molecule has 240 valence electrons. The van der Waals surface area contributed by atoms with Crippen molar-refractivity contribution in [3.05, 3.63) is 76.8 Å². The maximum absolute atomic E-state index is 13.2. The molecular formula is C33H43N7O5. The summed E-state index contributed by atoms with van der Waals surface area (Å²) in [6.45, 7) is 11.9. The zero-order chi connectivity index (χ0) is 32.9. The molecule has 2 amide bonds. The third kappa shape index (κ3) is 7.93. The highest BCUT2D eigenvalue weighted by Gasteiger charge is 2.31. The third-order valence-corrected chi connectivity index (χ3v) is 7.52. The normalized spacial score (nSPS) is 16.3. The molecule has 12 heteroatoms. The van der Waals surface area contributed by atoms with Crippen molar-refractivity contribution in [2.24, 2.45) is 5.41 Å². The van der Waals surface area contributed by atoms with Crippen molar-refractivity contribution in [2.75, 3.05) is 25.6 Å². The second kappa shape index (κ2) is 13.6. The molecule has 45 heavy (non-hydrogen) atoms. The van der Waals surface area contributed by atoms with E-state index in [9.17, 15) is 9.59 Å². The van der Waals surface area contributed by atoms with Gasteiger partial charge in [0.15, 0.2) is 0 Å². The molecule has 2 atom stereocenters. The third-order valence-electron chi connectivity index (χ3n) is 7.52. The van der Waals surface area contributed by atoms with Gasteiger partial charge in [-0.2, -0.15) is 0 Å². The van der Waals surface area contributed by atoms with Crippen LogP contribution in [0.5, 0.6) is 5.75 Å². The van der Waals surface area contributed by atoms with Gasteiger partial charge < -0.3 is 19.5 Å². The molecule has 12 nitrogen and oxygen atoms in total. The first kappa shape index (κ1) is 33.3. The van der Waals surface area contributed by atoms with Crippen LogP contribution in [0.15, 0.2) is 48.7 Å². The molecule has 2 unspecified atom stereocenters. The second-order valence-corrected chi connectivity index (χ2v) is 12.7. The molecule has 2 heterocycles. The number of rotatable bonds is 9. The molecule has 1 aliphatic carbocycles. The van der Waals surface area contributed by atoms with Crippen molar-refractivity contribution in [1.82, 2.24) is 19.9 Å². The molecule has 1 aliphatic rings. The number of pyridine rings is 1. The predicted octanol–water partition coefficient (Wildman–Crippen LogP) is 5.51. The Bertz CT molecular complexity index is 1630. The Labute approximate surface area is 263 Å². The number of esters is 1. The van der Waals surface area contributed by atoms with Gasteiger partial charge in [-0.25, -0.2) is 19.6 Å². The maximum atomic E-state index is 13.2. The average molecular weight is 618 g/mol. The van der Waals surface area contributed by atoms with Crippen LogP contribution >= 0.6 is 0 Å². The van der Waals surface area contributed by atoms with E-state index in [1.807, 2.05) is 58.9 Å². The Morgan fingerprint density at radius 1 is 1.04 bits per heavy atom. The van der Waals surface area contributed by atoms with Gasteiger partial charge in [-0.15, -0.1) is 0 Å². The highest BCUT2D eigenvalue weighted by Crippen LogP contribution is 2.38. The lowest BCUT2D eigenvalue weighted by Crippen LogP contribution is -2.39. The summed E-state index contributed by atoms with van der Waals surface area (Å²) in [4.78, 5) is 34.2. The number of benzene rings is 1. The van der Waals surface area contributed by atoms with Crippen LogP contribution in [-0.2, 0) is 14.9 Å². The molecule has 3 aromatic rings. The molecule has 0 aliphatic heterocycles. The maximum Gasteiger partial charge on any atom is 0.376 e. The van der Waals surface area contributed by atoms with Crippen LogP contribution < -0.4 is 20.9 Å². The molecule has 0 bridgehead atoms. The monoisotopic (exact) mass is 617 g/mol. The molecule has 0 fully saturated rings. The van der Waals surface area contributed by atoms with Crippen molar-refractivity contribution < 1.29 is 23.8 Å². The lowest BCUT2D eigenvalue weighted by Gasteiger charge is -2.32. The number of fused-ring (bicyclic) bond motifs is 1. The molecule has 0 radical (unpaired) electrons. The largest absolute Gasteiger partial charge is 0.484 e. The zero-order valence-electron chi connectivity index (χ0n) is 27.0. The van der Waals surface area contributed by atoms with E-state index in [1.165, 1.54) is 4.57 Å². The van der Waals surface area contributed by atoms with Crippen molar-refractivity contribution in [2.45, 2.75) is 71.9 Å². The quantitative estimate of drug-likeness (QED) is 0.140. The Morgan fingerprint density at radius 2 is 1.76 bits per heavy atom. The van der Waals surface area contributed by atoms with Crippen LogP contribution in [0.2, 0.25) is 0 Å². The van der Waals surface area contributed by atoms with Crippen molar-refractivity contribution in [1.29, 1.82) is 10.8 Å². The van der Waals surface area contributed by atoms with Gasteiger partial charge in [0, 0.05) is 24.0 Å². The number of anilines is 1. The van der Waals surface area contributed by atoms with Gasteiger partial charge in [-0.3, -0.25) is 20.7 Å². The Hall–Kier alpha value is -4.58. The van der Waals surface area contributed by atoms with Gasteiger partial charge in [0.05, 0.1) is 31.1 Å². The number of methoxy groups -OCH3 is 1. The summed E-state index contributed by atoms with van der Waals surface area (Å²) in [6.07, 6.45) is 2.59. The van der Waals surface area contributed by atoms with Gasteiger partial charge >= 0.3 is 12.0 Å². The summed E-state index contributed by atoms with van der Waals surface area (Å²) in [5.41, 5.74) is 1.62. The highest BCUT2D eigenvalue weighted by atomic mass is 16.5. The summed E-state index contributed by atoms with van der Waals surface area (Å²) in [5.74, 6) is 0.194. The molecular weight excluding hydrogens is 574 g/mol. The molecule has 0 spiro atoms. The Kier molecular flexibility index (Phi) is 10.1. The van der Waals surface area contributed by atoms with E-state index in [0.717, 1.165) is 11.1 Å². The minimum atomic E-state index is -0.655. The number of amides is 2. The molecule has 2 aromatic heterocycles. The van der Waals surface area contributed by atoms with Crippen LogP contribution in [0.1, 0.15) is 94.0 Å². The summed E-state index contributed by atoms with van der Waals surface area (Å²) in [5, 5.41) is 22.9. The molecule has 4 rings (SSSR count). The fourth-order valence-electron chi connectivity index (χ4n) is 5.17. The summed E-state index contributed by atoms with van der Waals surface area (Å²) < 4.78 is 18.3. The number of nitrogens with zero attached hydrogens (tertiary/aromatic N) is 3. The fourth-order valence-corrected chi connectivity index (χ4v) is 5.17. The van der Waals surface area contributed by atoms with Gasteiger partial charge in [0.2, 0.25) is 5.82 Å². The first-order chi connectivity index (χ1) is 21.2. The number of carbonyl (C=O) groups is 2. The number of urea groups is 1. The number of ether oxygens (including phenoxy) is 3. The van der Waals surface area contributed by atoms with Gasteiger partial charge in [-0.05, 0) is 43.0 Å². The number of nitrogens with one attached hydrogen (secondary N) is 4. The SMILES string of the molecule is CCOC(=O)c1nc(NC(=O)NC2CCC(Oc3ccc(=N)n(C(=N)C(C)(C)COC)c3)c3ccccc32)cc(C(C)(C)C)n1. The van der Waals surface area contributed by atoms with Crippen LogP contribution in [0.4, 0.5) is 10.6 Å². The van der Waals surface area contributed by atoms with Crippen molar-refractivity contribution in [3.8, 4) is 5.75 Å². The van der Waals surface area contributed by atoms with E-state index < -0.39 is 22.8 Å². The predicted molar refractivity (Wildman–Crippen MR) is 170 cm³/mol. The van der Waals surface area contributed by atoms with E-state index in [-0.39, 0.29) is 41.7 Å². The smallest absolute Gasteiger partial charge is 0.376 e. The number of hydrogen-bond donors (Lipinski definition) is 4. The van der Waals surface area contributed by atoms with E-state index in [2.05, 4.69) is 20.6 Å². The van der Waals surface area contributed by atoms with E-state index >= 15 is 0 Å². The van der Waals surface area contributed by atoms with E-state index in [4.69, 9.17) is 25.0 Å². The molecule has 0 saturated heterocycles. The lowest BCUT2D eigenvalue weighted by molar-refractivity contribution is 0.0511. The summed E-state index contributed by atoms with van der Waals surface area (Å²) >= 11 is 0. The zero-order valence-corrected chi connectivity index (χ0v) is 27.0. The van der Waals surface area contributed by atoms with Gasteiger partial charge in [0.25, 0.3) is 0 Å². The first-order valence-electron chi connectivity index (χ1n) is 15.0. The minimum absolute atomic E-state index is 0.111. The number of carbonyl (C=O) groups excluding carboxylic acids is 2. The highest BCUT2D eigenvalue weighted by molar-refractivity contribution is 5.90. The Balaban J connectivity index is 1.52. The van der Waals surface area contributed by atoms with Crippen LogP contribution in [-0.4, -0.2) is 52.7 Å². The number of hydrogen-bond acceptors (Lipinski definition) is 9. The summed E-state index contributed by atoms with van der Waals surface area (Å²) in [7, 11) is 1.59. The van der Waals surface area contributed by atoms with Crippen molar-refractivity contribution >= 4 is 23.7 Å². The minimum Gasteiger partial charge on any atom is -0.484 e. The van der Waals surface area contributed by atoms with E-state index in [1.54, 1.807) is 38.4 Å². The van der Waals surface area contributed by atoms with E-state index in [0.29, 0.717) is 30.9 Å². The van der Waals surface area contributed by atoms with Crippen molar-refractivity contribution in [3.63, 3.8) is 0 Å². The Morgan fingerprint density at radius 3 is 2.42 bits per heavy atom. The van der Waals surface area contributed by atoms with Gasteiger partial charge in [0.1, 0.15) is 29.0 Å². The van der Waals surface area contributed by atoms with Crippen LogP contribution in [0.25, 0.3) is 0 Å². The van der Waals surface area contributed by atoms with Crippen LogP contribution in [0.3, 0.4) is 0 Å². The lowest BCUT2D eigenvalue weighted by atomic mass is 9.85. The first-order valence-corrected chi connectivity index (χ1v) is 15.0. The summed E-state index contributed by atoms with van der Waals surface area (Å²) in [6, 6.07) is 12.0. The molecule has 4 N–H and O–H groups in total. The molecule has 0 saturated carbocycles. The van der Waals surface area contributed by atoms with Gasteiger partial charge in [-0.1, -0.05) is 58.9 Å². The fraction of sp³-hybridized carbons (Fsp3) is 0.455. The average Bonchev–Trinajstić information content (AvgIpc) is 2.98. The second-order valence-electron chi connectivity index (χ2n) is 12.7. The number of aromatic nitrogens is 3. The standard InChI is InChI=1S/C33H43N7O5/c1-8-44-29(41)28-37-25(32(2,3)4)17-27(38-28)39-31(42)36-23-14-15-24(22-12-10-9-11-21(22)23)45-20-13-16-26(34)40(18-20)30(35)33(5,6)19-43-7/h9-13,16-18,23-24,34-35H,8,14-15,19H2,1-7H3,(H2,36,37,38,39,42). The topological polar surface area (TPSA) is 164 Å².